The summed E-state index contributed by atoms with van der Waals surface area (Å²) in [5.74, 6) is -0.907. The number of nitriles is 1. The molecule has 8 heteroatoms. The van der Waals surface area contributed by atoms with Crippen LogP contribution >= 0.6 is 11.3 Å². The zero-order valence-electron chi connectivity index (χ0n) is 20.4. The first-order valence-electron chi connectivity index (χ1n) is 12.6. The van der Waals surface area contributed by atoms with Gasteiger partial charge in [0.15, 0.2) is 0 Å². The summed E-state index contributed by atoms with van der Waals surface area (Å²) < 4.78 is 14.4. The Kier molecular flexibility index (Phi) is 6.35. The van der Waals surface area contributed by atoms with Crippen molar-refractivity contribution in [2.75, 3.05) is 18.0 Å². The number of aryl methyl sites for hydroxylation is 1. The number of aliphatic hydroxyl groups is 1. The number of nitrogens with zero attached hydrogens (tertiary/aromatic N) is 3. The Labute approximate surface area is 210 Å². The average Bonchev–Trinajstić information content (AvgIpc) is 3.51. The summed E-state index contributed by atoms with van der Waals surface area (Å²) >= 11 is 1.61. The van der Waals surface area contributed by atoms with Gasteiger partial charge in [0.1, 0.15) is 11.7 Å². The third-order valence-corrected chi connectivity index (χ3v) is 8.93. The number of alkyl halides is 1. The molecule has 3 fully saturated rings. The Morgan fingerprint density at radius 2 is 1.91 bits per heavy atom. The topological polar surface area (TPSA) is 89.2 Å². The van der Waals surface area contributed by atoms with E-state index >= 15 is 0 Å². The lowest BCUT2D eigenvalue weighted by molar-refractivity contribution is -0.128. The number of piperidine rings is 1. The van der Waals surface area contributed by atoms with Crippen molar-refractivity contribution >= 4 is 22.9 Å². The summed E-state index contributed by atoms with van der Waals surface area (Å²) in [6.07, 6.45) is 2.98. The van der Waals surface area contributed by atoms with Crippen LogP contribution in [0.3, 0.4) is 0 Å². The van der Waals surface area contributed by atoms with Crippen molar-refractivity contribution in [1.29, 1.82) is 5.26 Å². The standard InChI is InChI=1S/C27H33FN4O2S/c1-17-30-23(21-8-5-19(28)15-22(21)25(33)31-27(16-29)9-10-27)24(35-17)18-3-6-20(7-4-18)32-13-11-26(2,34)12-14-32/h3-4,6-7,19,21-22,34H,5,8-15H2,1-2H3,(H,31,33). The van der Waals surface area contributed by atoms with E-state index in [1.54, 1.807) is 11.3 Å². The first-order valence-corrected chi connectivity index (χ1v) is 13.4. The number of nitrogens with one attached hydrogen (secondary N) is 1. The normalized spacial score (nSPS) is 27.2. The van der Waals surface area contributed by atoms with Gasteiger partial charge in [-0.3, -0.25) is 4.79 Å². The van der Waals surface area contributed by atoms with Gasteiger partial charge in [-0.05, 0) is 76.5 Å². The van der Waals surface area contributed by atoms with E-state index in [1.165, 1.54) is 0 Å². The van der Waals surface area contributed by atoms with Crippen molar-refractivity contribution in [1.82, 2.24) is 10.3 Å². The lowest BCUT2D eigenvalue weighted by atomic mass is 9.75. The Morgan fingerprint density at radius 1 is 1.23 bits per heavy atom. The molecule has 0 bridgehead atoms. The molecule has 0 radical (unpaired) electrons. The summed E-state index contributed by atoms with van der Waals surface area (Å²) in [7, 11) is 0. The van der Waals surface area contributed by atoms with Crippen LogP contribution in [0, 0.1) is 24.2 Å². The lowest BCUT2D eigenvalue weighted by Gasteiger charge is -2.37. The van der Waals surface area contributed by atoms with Crippen LogP contribution < -0.4 is 10.2 Å². The predicted molar refractivity (Wildman–Crippen MR) is 135 cm³/mol. The minimum Gasteiger partial charge on any atom is -0.390 e. The van der Waals surface area contributed by atoms with Crippen LogP contribution in [0.4, 0.5) is 10.1 Å². The second kappa shape index (κ2) is 9.18. The van der Waals surface area contributed by atoms with Crippen molar-refractivity contribution in [3.8, 4) is 16.5 Å². The van der Waals surface area contributed by atoms with Gasteiger partial charge >= 0.3 is 0 Å². The van der Waals surface area contributed by atoms with Gasteiger partial charge in [-0.2, -0.15) is 5.26 Å². The van der Waals surface area contributed by atoms with Crippen LogP contribution in [0.1, 0.15) is 68.5 Å². The molecule has 0 spiro atoms. The molecule has 2 heterocycles. The molecule has 6 nitrogen and oxygen atoms in total. The largest absolute Gasteiger partial charge is 0.390 e. The van der Waals surface area contributed by atoms with Gasteiger partial charge in [0.25, 0.3) is 0 Å². The van der Waals surface area contributed by atoms with Crippen molar-refractivity contribution in [3.05, 3.63) is 35.0 Å². The average molecular weight is 497 g/mol. The highest BCUT2D eigenvalue weighted by molar-refractivity contribution is 7.15. The molecule has 186 valence electrons. The first kappa shape index (κ1) is 24.2. The van der Waals surface area contributed by atoms with E-state index in [9.17, 15) is 19.6 Å². The maximum absolute atomic E-state index is 14.4. The number of hydrogen-bond acceptors (Lipinski definition) is 6. The maximum Gasteiger partial charge on any atom is 0.225 e. The fourth-order valence-corrected chi connectivity index (χ4v) is 6.42. The fraction of sp³-hybridized carbons (Fsp3) is 0.593. The maximum atomic E-state index is 14.4. The van der Waals surface area contributed by atoms with Gasteiger partial charge in [-0.1, -0.05) is 12.1 Å². The number of halogens is 1. The van der Waals surface area contributed by atoms with Crippen molar-refractivity contribution < 1.29 is 14.3 Å². The molecule has 2 aliphatic carbocycles. The van der Waals surface area contributed by atoms with Gasteiger partial charge in [0.2, 0.25) is 5.91 Å². The van der Waals surface area contributed by atoms with Crippen molar-refractivity contribution in [3.63, 3.8) is 0 Å². The number of benzene rings is 1. The van der Waals surface area contributed by atoms with Crippen LogP contribution in [0.5, 0.6) is 0 Å². The molecule has 1 saturated heterocycles. The molecule has 3 atom stereocenters. The van der Waals surface area contributed by atoms with E-state index < -0.39 is 23.2 Å². The second-order valence-electron chi connectivity index (χ2n) is 10.8. The quantitative estimate of drug-likeness (QED) is 0.617. The van der Waals surface area contributed by atoms with E-state index in [-0.39, 0.29) is 18.2 Å². The van der Waals surface area contributed by atoms with E-state index in [2.05, 4.69) is 40.6 Å². The summed E-state index contributed by atoms with van der Waals surface area (Å²) in [4.78, 5) is 21.4. The molecular formula is C27H33FN4O2S. The third-order valence-electron chi connectivity index (χ3n) is 7.90. The Bertz CT molecular complexity index is 1130. The van der Waals surface area contributed by atoms with Crippen LogP contribution in [0.2, 0.25) is 0 Å². The molecule has 3 aliphatic rings. The van der Waals surface area contributed by atoms with Crippen LogP contribution in [-0.4, -0.2) is 46.4 Å². The zero-order chi connectivity index (χ0) is 24.8. The lowest BCUT2D eigenvalue weighted by Crippen LogP contribution is -2.44. The summed E-state index contributed by atoms with van der Waals surface area (Å²) in [6.45, 7) is 5.52. The Balaban J connectivity index is 1.39. The molecule has 1 amide bonds. The summed E-state index contributed by atoms with van der Waals surface area (Å²) in [5, 5.41) is 23.5. The van der Waals surface area contributed by atoms with E-state index in [4.69, 9.17) is 4.98 Å². The number of hydrogen-bond donors (Lipinski definition) is 2. The van der Waals surface area contributed by atoms with Crippen molar-refractivity contribution in [2.24, 2.45) is 5.92 Å². The van der Waals surface area contributed by atoms with Gasteiger partial charge in [-0.25, -0.2) is 9.37 Å². The predicted octanol–water partition coefficient (Wildman–Crippen LogP) is 4.86. The van der Waals surface area contributed by atoms with E-state index in [0.717, 1.165) is 52.8 Å². The molecular weight excluding hydrogens is 463 g/mol. The van der Waals surface area contributed by atoms with Gasteiger partial charge in [-0.15, -0.1) is 11.3 Å². The number of anilines is 1. The first-order chi connectivity index (χ1) is 16.7. The summed E-state index contributed by atoms with van der Waals surface area (Å²) in [5.41, 5.74) is 1.72. The fourth-order valence-electron chi connectivity index (χ4n) is 5.43. The monoisotopic (exact) mass is 496 g/mol. The molecule has 3 unspecified atom stereocenters. The zero-order valence-corrected chi connectivity index (χ0v) is 21.2. The highest BCUT2D eigenvalue weighted by Gasteiger charge is 2.48. The van der Waals surface area contributed by atoms with Crippen LogP contribution in [0.15, 0.2) is 24.3 Å². The van der Waals surface area contributed by atoms with E-state index in [0.29, 0.717) is 25.7 Å². The third kappa shape index (κ3) is 5.07. The minimum absolute atomic E-state index is 0.166. The molecule has 1 aromatic heterocycles. The van der Waals surface area contributed by atoms with Crippen LogP contribution in [0.25, 0.3) is 10.4 Å². The van der Waals surface area contributed by atoms with Crippen LogP contribution in [-0.2, 0) is 4.79 Å². The Hall–Kier alpha value is -2.50. The molecule has 5 rings (SSSR count). The molecule has 2 saturated carbocycles. The number of amides is 1. The molecule has 1 aliphatic heterocycles. The molecule has 2 N–H and O–H groups in total. The molecule has 35 heavy (non-hydrogen) atoms. The SMILES string of the molecule is Cc1nc(C2CCC(F)CC2C(=O)NC2(C#N)CC2)c(-c2ccc(N3CCC(C)(O)CC3)cc2)s1. The van der Waals surface area contributed by atoms with E-state index in [1.807, 2.05) is 13.8 Å². The van der Waals surface area contributed by atoms with Crippen molar-refractivity contribution in [2.45, 2.75) is 82.0 Å². The van der Waals surface area contributed by atoms with Gasteiger partial charge in [0, 0.05) is 30.6 Å². The Morgan fingerprint density at radius 3 is 2.54 bits per heavy atom. The second-order valence-corrected chi connectivity index (χ2v) is 12.0. The molecule has 1 aromatic carbocycles. The number of carbonyl (C=O) groups is 1. The smallest absolute Gasteiger partial charge is 0.225 e. The summed E-state index contributed by atoms with van der Waals surface area (Å²) in [6, 6.07) is 10.6. The number of aromatic nitrogens is 1. The van der Waals surface area contributed by atoms with Gasteiger partial charge in [0.05, 0.1) is 27.2 Å². The highest BCUT2D eigenvalue weighted by Crippen LogP contribution is 2.45. The minimum atomic E-state index is -1.01. The van der Waals surface area contributed by atoms with Gasteiger partial charge < -0.3 is 15.3 Å². The highest BCUT2D eigenvalue weighted by atomic mass is 32.1. The molecule has 2 aromatic rings. The number of thiazole rings is 1. The number of carbonyl (C=O) groups excluding carboxylic acids is 1. The number of rotatable bonds is 5.